The summed E-state index contributed by atoms with van der Waals surface area (Å²) in [5, 5.41) is 0. The minimum absolute atomic E-state index is 0.117. The van der Waals surface area contributed by atoms with E-state index in [2.05, 4.69) is 29.2 Å². The van der Waals surface area contributed by atoms with Crippen molar-refractivity contribution in [3.05, 3.63) is 65.2 Å². The van der Waals surface area contributed by atoms with Crippen LogP contribution in [-0.4, -0.2) is 48.5 Å². The summed E-state index contributed by atoms with van der Waals surface area (Å²) >= 11 is 0. The maximum absolute atomic E-state index is 12.9. The van der Waals surface area contributed by atoms with Crippen molar-refractivity contribution < 1.29 is 9.53 Å². The zero-order chi connectivity index (χ0) is 17.9. The minimum atomic E-state index is 0.117. The fourth-order valence-corrected chi connectivity index (χ4v) is 4.21. The lowest BCUT2D eigenvalue weighted by Gasteiger charge is -2.41. The van der Waals surface area contributed by atoms with E-state index in [9.17, 15) is 4.79 Å². The first-order chi connectivity index (χ1) is 12.7. The Bertz CT molecular complexity index is 789. The first-order valence-electron chi connectivity index (χ1n) is 9.49. The van der Waals surface area contributed by atoms with Crippen molar-refractivity contribution in [2.24, 2.45) is 0 Å². The molecule has 1 atom stereocenters. The average Bonchev–Trinajstić information content (AvgIpc) is 2.73. The molecular weight excluding hydrogens is 324 g/mol. The molecule has 4 rings (SSSR count). The lowest BCUT2D eigenvalue weighted by molar-refractivity contribution is 0.0549. The van der Waals surface area contributed by atoms with Crippen LogP contribution < -0.4 is 4.74 Å². The zero-order valence-electron chi connectivity index (χ0n) is 15.4. The number of carbonyl (C=O) groups excluding carboxylic acids is 1. The van der Waals surface area contributed by atoms with E-state index < -0.39 is 0 Å². The highest BCUT2D eigenvalue weighted by Crippen LogP contribution is 2.25. The molecule has 0 aromatic heterocycles. The fourth-order valence-electron chi connectivity index (χ4n) is 4.21. The molecule has 2 aliphatic heterocycles. The molecule has 2 aliphatic rings. The van der Waals surface area contributed by atoms with E-state index in [1.165, 1.54) is 17.5 Å². The molecule has 4 heteroatoms. The van der Waals surface area contributed by atoms with Crippen molar-refractivity contribution in [3.63, 3.8) is 0 Å². The van der Waals surface area contributed by atoms with Crippen LogP contribution in [0.15, 0.2) is 48.5 Å². The Hall–Kier alpha value is -2.33. The van der Waals surface area contributed by atoms with Gasteiger partial charge in [-0.25, -0.2) is 0 Å². The summed E-state index contributed by atoms with van der Waals surface area (Å²) in [7, 11) is 1.63. The van der Waals surface area contributed by atoms with Gasteiger partial charge in [-0.2, -0.15) is 0 Å². The van der Waals surface area contributed by atoms with Crippen LogP contribution in [0.5, 0.6) is 5.75 Å². The van der Waals surface area contributed by atoms with Crippen LogP contribution in [0.1, 0.15) is 34.3 Å². The van der Waals surface area contributed by atoms with Crippen molar-refractivity contribution >= 4 is 5.91 Å². The van der Waals surface area contributed by atoms with Crippen LogP contribution >= 0.6 is 0 Å². The van der Waals surface area contributed by atoms with E-state index in [1.807, 2.05) is 29.2 Å². The van der Waals surface area contributed by atoms with E-state index in [1.54, 1.807) is 7.11 Å². The highest BCUT2D eigenvalue weighted by atomic mass is 16.5. The maximum atomic E-state index is 12.9. The molecule has 2 aromatic carbocycles. The van der Waals surface area contributed by atoms with Gasteiger partial charge in [-0.05, 0) is 48.6 Å². The number of piperidine rings is 1. The summed E-state index contributed by atoms with van der Waals surface area (Å²) in [5.74, 6) is 0.850. The zero-order valence-corrected chi connectivity index (χ0v) is 15.4. The van der Waals surface area contributed by atoms with Gasteiger partial charge in [0.1, 0.15) is 5.75 Å². The van der Waals surface area contributed by atoms with Crippen molar-refractivity contribution in [3.8, 4) is 5.75 Å². The molecule has 4 nitrogen and oxygen atoms in total. The van der Waals surface area contributed by atoms with Gasteiger partial charge in [-0.1, -0.05) is 30.3 Å². The Balaban J connectivity index is 1.45. The third-order valence-electron chi connectivity index (χ3n) is 5.68. The van der Waals surface area contributed by atoms with Gasteiger partial charge in [0.2, 0.25) is 0 Å². The minimum Gasteiger partial charge on any atom is -0.497 e. The number of fused-ring (bicyclic) bond motifs is 1. The molecule has 0 spiro atoms. The van der Waals surface area contributed by atoms with Crippen molar-refractivity contribution in [1.29, 1.82) is 0 Å². The Morgan fingerprint density at radius 1 is 1.08 bits per heavy atom. The van der Waals surface area contributed by atoms with Crippen molar-refractivity contribution in [2.75, 3.05) is 26.7 Å². The summed E-state index contributed by atoms with van der Waals surface area (Å²) in [6.45, 7) is 3.75. The van der Waals surface area contributed by atoms with E-state index in [4.69, 9.17) is 4.74 Å². The molecule has 0 saturated carbocycles. The number of benzene rings is 2. The smallest absolute Gasteiger partial charge is 0.254 e. The van der Waals surface area contributed by atoms with Crippen LogP contribution in [-0.2, 0) is 13.0 Å². The van der Waals surface area contributed by atoms with Gasteiger partial charge in [0.15, 0.2) is 0 Å². The second kappa shape index (κ2) is 7.50. The monoisotopic (exact) mass is 350 g/mol. The van der Waals surface area contributed by atoms with Gasteiger partial charge in [-0.3, -0.25) is 9.69 Å². The number of rotatable bonds is 3. The number of hydrogen-bond acceptors (Lipinski definition) is 3. The topological polar surface area (TPSA) is 32.8 Å². The normalized spacial score (nSPS) is 20.5. The SMILES string of the molecule is COc1cccc(C(=O)N2CCCC(N3CCc4ccccc4C3)C2)c1. The van der Waals surface area contributed by atoms with Crippen LogP contribution in [0.2, 0.25) is 0 Å². The quantitative estimate of drug-likeness (QED) is 0.851. The molecule has 1 fully saturated rings. The molecule has 2 aromatic rings. The number of nitrogens with zero attached hydrogens (tertiary/aromatic N) is 2. The van der Waals surface area contributed by atoms with Crippen molar-refractivity contribution in [1.82, 2.24) is 9.80 Å². The lowest BCUT2D eigenvalue weighted by atomic mass is 9.95. The molecule has 0 radical (unpaired) electrons. The van der Waals surface area contributed by atoms with Crippen LogP contribution in [0.4, 0.5) is 0 Å². The Kier molecular flexibility index (Phi) is 4.93. The van der Waals surface area contributed by atoms with Crippen LogP contribution in [0.25, 0.3) is 0 Å². The molecule has 26 heavy (non-hydrogen) atoms. The number of hydrogen-bond donors (Lipinski definition) is 0. The second-order valence-corrected chi connectivity index (χ2v) is 7.27. The van der Waals surface area contributed by atoms with Crippen LogP contribution in [0.3, 0.4) is 0 Å². The van der Waals surface area contributed by atoms with E-state index in [0.717, 1.165) is 44.8 Å². The summed E-state index contributed by atoms with van der Waals surface area (Å²) < 4.78 is 5.26. The standard InChI is InChI=1S/C22H26N2O2/c1-26-21-10-4-8-18(14-21)22(25)24-12-5-9-20(16-24)23-13-11-17-6-2-3-7-19(17)15-23/h2-4,6-8,10,14,20H,5,9,11-13,15-16H2,1H3. The van der Waals surface area contributed by atoms with Gasteiger partial charge >= 0.3 is 0 Å². The van der Waals surface area contributed by atoms with Crippen LogP contribution in [0, 0.1) is 0 Å². The third kappa shape index (κ3) is 3.47. The van der Waals surface area contributed by atoms with Gasteiger partial charge < -0.3 is 9.64 Å². The summed E-state index contributed by atoms with van der Waals surface area (Å²) in [6, 6.07) is 16.7. The molecule has 1 amide bonds. The number of ether oxygens (including phenoxy) is 1. The largest absolute Gasteiger partial charge is 0.497 e. The first-order valence-corrected chi connectivity index (χ1v) is 9.49. The van der Waals surface area contributed by atoms with Gasteiger partial charge in [-0.15, -0.1) is 0 Å². The molecule has 0 aliphatic carbocycles. The number of methoxy groups -OCH3 is 1. The molecule has 136 valence electrons. The predicted octanol–water partition coefficient (Wildman–Crippen LogP) is 3.36. The molecular formula is C22H26N2O2. The number of likely N-dealkylation sites (tertiary alicyclic amines) is 1. The Morgan fingerprint density at radius 3 is 2.77 bits per heavy atom. The third-order valence-corrected chi connectivity index (χ3v) is 5.68. The number of amides is 1. The van der Waals surface area contributed by atoms with Crippen molar-refractivity contribution in [2.45, 2.75) is 31.8 Å². The predicted molar refractivity (Wildman–Crippen MR) is 102 cm³/mol. The molecule has 2 heterocycles. The van der Waals surface area contributed by atoms with E-state index in [0.29, 0.717) is 11.6 Å². The average molecular weight is 350 g/mol. The van der Waals surface area contributed by atoms with Gasteiger partial charge in [0.05, 0.1) is 7.11 Å². The lowest BCUT2D eigenvalue weighted by Crippen LogP contribution is -2.51. The van der Waals surface area contributed by atoms with Gasteiger partial charge in [0, 0.05) is 37.8 Å². The van der Waals surface area contributed by atoms with Gasteiger partial charge in [0.25, 0.3) is 5.91 Å². The summed E-state index contributed by atoms with van der Waals surface area (Å²) in [4.78, 5) is 17.5. The highest BCUT2D eigenvalue weighted by Gasteiger charge is 2.30. The molecule has 0 N–H and O–H groups in total. The van der Waals surface area contributed by atoms with E-state index >= 15 is 0 Å². The Morgan fingerprint density at radius 2 is 1.92 bits per heavy atom. The summed E-state index contributed by atoms with van der Waals surface area (Å²) in [5.41, 5.74) is 3.63. The molecule has 0 bridgehead atoms. The maximum Gasteiger partial charge on any atom is 0.254 e. The fraction of sp³-hybridized carbons (Fsp3) is 0.409. The second-order valence-electron chi connectivity index (χ2n) is 7.27. The first kappa shape index (κ1) is 17.1. The number of carbonyl (C=O) groups is 1. The molecule has 1 unspecified atom stereocenters. The molecule has 1 saturated heterocycles. The Labute approximate surface area is 155 Å². The summed E-state index contributed by atoms with van der Waals surface area (Å²) in [6.07, 6.45) is 3.35. The van der Waals surface area contributed by atoms with E-state index in [-0.39, 0.29) is 5.91 Å². The highest BCUT2D eigenvalue weighted by molar-refractivity contribution is 5.94.